The van der Waals surface area contributed by atoms with Gasteiger partial charge in [0.05, 0.1) is 41.5 Å². The SMILES string of the molecule is CC=C(C=CCC)c1cc2c3cc(OCC(CC)CCC)c(OCC(CC)CCCC)cc3c3cc(-c4ccc(N(c5ccc(C6OCCO6)cc5)c5cccc6ccccc56)cc4)sc3c2s1. The first-order valence-electron chi connectivity index (χ1n) is 25.2. The van der Waals surface area contributed by atoms with Gasteiger partial charge in [-0.15, -0.1) is 22.7 Å². The van der Waals surface area contributed by atoms with Crippen molar-refractivity contribution >= 4 is 87.0 Å². The first-order valence-corrected chi connectivity index (χ1v) is 26.8. The quantitative estimate of drug-likeness (QED) is 0.0671. The van der Waals surface area contributed by atoms with Crippen LogP contribution >= 0.6 is 22.7 Å². The average molecular weight is 942 g/mol. The molecular formula is C61H67NO4S2. The van der Waals surface area contributed by atoms with Crippen molar-refractivity contribution in [2.45, 2.75) is 99.2 Å². The van der Waals surface area contributed by atoms with Crippen molar-refractivity contribution in [2.24, 2.45) is 11.8 Å². The molecule has 0 amide bonds. The number of hydrogen-bond donors (Lipinski definition) is 0. The number of fused-ring (bicyclic) bond motifs is 7. The summed E-state index contributed by atoms with van der Waals surface area (Å²) in [5, 5.41) is 7.36. The largest absolute Gasteiger partial charge is 0.489 e. The Bertz CT molecular complexity index is 3000. The van der Waals surface area contributed by atoms with Crippen LogP contribution < -0.4 is 14.4 Å². The minimum Gasteiger partial charge on any atom is -0.489 e. The molecule has 2 atom stereocenters. The lowest BCUT2D eigenvalue weighted by Gasteiger charge is -2.27. The van der Waals surface area contributed by atoms with Crippen molar-refractivity contribution in [3.8, 4) is 21.9 Å². The van der Waals surface area contributed by atoms with Crippen LogP contribution in [0.25, 0.3) is 57.7 Å². The second-order valence-electron chi connectivity index (χ2n) is 18.3. The molecule has 5 nitrogen and oxygen atoms in total. The Hall–Kier alpha value is -5.44. The van der Waals surface area contributed by atoms with E-state index in [1.54, 1.807) is 0 Å². The number of thiophene rings is 2. The van der Waals surface area contributed by atoms with E-state index >= 15 is 0 Å². The van der Waals surface area contributed by atoms with Gasteiger partial charge in [-0.3, -0.25) is 0 Å². The first-order chi connectivity index (χ1) is 33.4. The number of anilines is 3. The molecular weight excluding hydrogens is 875 g/mol. The standard InChI is InChI=1S/C61H67NO4S2/c1-7-13-19-42(11-5)40-66-56-36-51-50(35-55(56)65-39-41(10-4)18-9-3)52-37-57(43(12-6)20-14-8-2)67-59(52)60-53(51)38-58(68-60)45-25-29-47(30-26-45)62(54-24-17-22-44-21-15-16-23-49(44)54)48-31-27-46(28-32-48)61-63-33-34-64-61/h12,14-17,20-32,35-38,41-42,61H,7-11,13,18-19,33-34,39-40H2,1-6H3. The molecule has 0 radical (unpaired) electrons. The molecule has 68 heavy (non-hydrogen) atoms. The van der Waals surface area contributed by atoms with Gasteiger partial charge in [-0.05, 0) is 120 Å². The molecule has 0 N–H and O–H groups in total. The zero-order valence-electron chi connectivity index (χ0n) is 40.8. The van der Waals surface area contributed by atoms with Crippen molar-refractivity contribution < 1.29 is 18.9 Å². The van der Waals surface area contributed by atoms with Crippen LogP contribution in [0.5, 0.6) is 11.5 Å². The monoisotopic (exact) mass is 941 g/mol. The summed E-state index contributed by atoms with van der Waals surface area (Å²) >= 11 is 3.80. The van der Waals surface area contributed by atoms with Crippen molar-refractivity contribution in [2.75, 3.05) is 31.3 Å². The minimum atomic E-state index is -0.319. The summed E-state index contributed by atoms with van der Waals surface area (Å²) in [5.74, 6) is 2.73. The van der Waals surface area contributed by atoms with Crippen LogP contribution in [0.2, 0.25) is 0 Å². The number of allylic oxidation sites excluding steroid dienone is 4. The Morgan fingerprint density at radius 1 is 0.662 bits per heavy atom. The van der Waals surface area contributed by atoms with Crippen molar-refractivity contribution in [3.05, 3.63) is 144 Å². The van der Waals surface area contributed by atoms with Crippen LogP contribution in [0, 0.1) is 11.8 Å². The zero-order chi connectivity index (χ0) is 47.0. The molecule has 0 bridgehead atoms. The van der Waals surface area contributed by atoms with E-state index in [4.69, 9.17) is 18.9 Å². The topological polar surface area (TPSA) is 40.2 Å². The van der Waals surface area contributed by atoms with E-state index in [0.717, 1.165) is 66.2 Å². The Balaban J connectivity index is 1.17. The summed E-state index contributed by atoms with van der Waals surface area (Å²) in [6.45, 7) is 16.1. The molecule has 1 fully saturated rings. The number of benzene rings is 6. The van der Waals surface area contributed by atoms with Crippen LogP contribution in [-0.2, 0) is 9.47 Å². The molecule has 1 aliphatic rings. The van der Waals surface area contributed by atoms with Gasteiger partial charge in [0, 0.05) is 42.9 Å². The van der Waals surface area contributed by atoms with Gasteiger partial charge in [-0.2, -0.15) is 0 Å². The van der Waals surface area contributed by atoms with Gasteiger partial charge in [-0.25, -0.2) is 0 Å². The normalized spacial score (nSPS) is 14.5. The lowest BCUT2D eigenvalue weighted by molar-refractivity contribution is -0.0441. The molecule has 8 aromatic rings. The highest BCUT2D eigenvalue weighted by Gasteiger charge is 2.23. The van der Waals surface area contributed by atoms with E-state index in [1.807, 2.05) is 22.7 Å². The fourth-order valence-corrected chi connectivity index (χ4v) is 12.2. The summed E-state index contributed by atoms with van der Waals surface area (Å²) in [6.07, 6.45) is 15.6. The minimum absolute atomic E-state index is 0.319. The maximum Gasteiger partial charge on any atom is 0.184 e. The van der Waals surface area contributed by atoms with Gasteiger partial charge in [-0.1, -0.05) is 146 Å². The van der Waals surface area contributed by atoms with Crippen molar-refractivity contribution in [3.63, 3.8) is 0 Å². The maximum absolute atomic E-state index is 6.89. The molecule has 1 aliphatic heterocycles. The molecule has 7 heteroatoms. The predicted molar refractivity (Wildman–Crippen MR) is 293 cm³/mol. The van der Waals surface area contributed by atoms with Crippen LogP contribution in [-0.4, -0.2) is 26.4 Å². The number of rotatable bonds is 21. The second kappa shape index (κ2) is 22.3. The van der Waals surface area contributed by atoms with E-state index in [1.165, 1.54) is 81.9 Å². The molecule has 2 aromatic heterocycles. The molecule has 0 spiro atoms. The summed E-state index contributed by atoms with van der Waals surface area (Å²) < 4.78 is 28.1. The third kappa shape index (κ3) is 10.1. The number of ether oxygens (including phenoxy) is 4. The highest BCUT2D eigenvalue weighted by Crippen LogP contribution is 2.50. The zero-order valence-corrected chi connectivity index (χ0v) is 42.4. The highest BCUT2D eigenvalue weighted by molar-refractivity contribution is 7.29. The van der Waals surface area contributed by atoms with E-state index in [0.29, 0.717) is 38.3 Å². The van der Waals surface area contributed by atoms with E-state index < -0.39 is 0 Å². The van der Waals surface area contributed by atoms with E-state index in [-0.39, 0.29) is 6.29 Å². The van der Waals surface area contributed by atoms with E-state index in [2.05, 4.69) is 180 Å². The van der Waals surface area contributed by atoms with E-state index in [9.17, 15) is 0 Å². The van der Waals surface area contributed by atoms with Crippen LogP contribution in [0.4, 0.5) is 17.1 Å². The third-order valence-corrected chi connectivity index (χ3v) is 16.2. The van der Waals surface area contributed by atoms with Gasteiger partial charge < -0.3 is 23.8 Å². The highest BCUT2D eigenvalue weighted by atomic mass is 32.1. The molecule has 3 heterocycles. The summed E-state index contributed by atoms with van der Waals surface area (Å²) in [5.41, 5.74) is 6.76. The molecule has 2 unspecified atom stereocenters. The van der Waals surface area contributed by atoms with Crippen LogP contribution in [0.3, 0.4) is 0 Å². The second-order valence-corrected chi connectivity index (χ2v) is 20.4. The molecule has 1 saturated heterocycles. The fraction of sp³-hybridized carbons (Fsp3) is 0.344. The predicted octanol–water partition coefficient (Wildman–Crippen LogP) is 18.8. The van der Waals surface area contributed by atoms with Gasteiger partial charge in [0.2, 0.25) is 0 Å². The lowest BCUT2D eigenvalue weighted by Crippen LogP contribution is -2.14. The maximum atomic E-state index is 6.89. The summed E-state index contributed by atoms with van der Waals surface area (Å²) in [7, 11) is 0. The first kappa shape index (κ1) is 47.6. The van der Waals surface area contributed by atoms with Gasteiger partial charge >= 0.3 is 0 Å². The number of nitrogens with zero attached hydrogens (tertiary/aromatic N) is 1. The van der Waals surface area contributed by atoms with Crippen LogP contribution in [0.1, 0.15) is 110 Å². The Morgan fingerprint density at radius 2 is 1.29 bits per heavy atom. The third-order valence-electron chi connectivity index (χ3n) is 13.7. The average Bonchev–Trinajstić information content (AvgIpc) is 4.18. The van der Waals surface area contributed by atoms with Gasteiger partial charge in [0.15, 0.2) is 17.8 Å². The molecule has 6 aromatic carbocycles. The van der Waals surface area contributed by atoms with Crippen LogP contribution in [0.15, 0.2) is 133 Å². The molecule has 0 saturated carbocycles. The van der Waals surface area contributed by atoms with Gasteiger partial charge in [0.25, 0.3) is 0 Å². The molecule has 0 aliphatic carbocycles. The Morgan fingerprint density at radius 3 is 1.94 bits per heavy atom. The molecule has 9 rings (SSSR count). The molecule has 352 valence electrons. The van der Waals surface area contributed by atoms with Crippen molar-refractivity contribution in [1.29, 1.82) is 0 Å². The van der Waals surface area contributed by atoms with Gasteiger partial charge in [0.1, 0.15) is 0 Å². The summed E-state index contributed by atoms with van der Waals surface area (Å²) in [6, 6.07) is 42.4. The Labute approximate surface area is 412 Å². The number of hydrogen-bond acceptors (Lipinski definition) is 7. The summed E-state index contributed by atoms with van der Waals surface area (Å²) in [4.78, 5) is 4.89. The lowest BCUT2D eigenvalue weighted by atomic mass is 9.99. The number of unbranched alkanes of at least 4 members (excludes halogenated alkanes) is 1. The smallest absolute Gasteiger partial charge is 0.184 e. The van der Waals surface area contributed by atoms with Crippen molar-refractivity contribution in [1.82, 2.24) is 0 Å². The fourth-order valence-electron chi connectivity index (χ4n) is 9.66. The Kier molecular flexibility index (Phi) is 15.6.